The van der Waals surface area contributed by atoms with E-state index in [2.05, 4.69) is 0 Å². The van der Waals surface area contributed by atoms with Crippen LogP contribution in [0.3, 0.4) is 0 Å². The summed E-state index contributed by atoms with van der Waals surface area (Å²) in [6, 6.07) is 23.3. The number of ether oxygens (including phenoxy) is 2. The van der Waals surface area contributed by atoms with Gasteiger partial charge < -0.3 is 9.47 Å². The molecule has 6 heteroatoms. The Morgan fingerprint density at radius 1 is 1.00 bits per heavy atom. The van der Waals surface area contributed by atoms with Gasteiger partial charge in [0.1, 0.15) is 12.0 Å². The maximum absolute atomic E-state index is 12.6. The predicted octanol–water partition coefficient (Wildman–Crippen LogP) is 6.10. The highest BCUT2D eigenvalue weighted by Gasteiger charge is 2.34. The summed E-state index contributed by atoms with van der Waals surface area (Å²) in [6.45, 7) is 2.94. The number of anilines is 1. The van der Waals surface area contributed by atoms with Crippen LogP contribution in [0.2, 0.25) is 5.02 Å². The number of thioether (sulfide) groups is 1. The molecule has 1 aliphatic heterocycles. The van der Waals surface area contributed by atoms with Crippen LogP contribution >= 0.6 is 23.4 Å². The van der Waals surface area contributed by atoms with Gasteiger partial charge >= 0.3 is 0 Å². The maximum atomic E-state index is 12.6. The minimum atomic E-state index is -0.124. The van der Waals surface area contributed by atoms with Crippen molar-refractivity contribution in [3.8, 4) is 11.5 Å². The first-order valence-electron chi connectivity index (χ1n) is 9.78. The van der Waals surface area contributed by atoms with E-state index < -0.39 is 0 Å². The molecule has 30 heavy (non-hydrogen) atoms. The van der Waals surface area contributed by atoms with Crippen molar-refractivity contribution in [3.63, 3.8) is 0 Å². The number of halogens is 1. The highest BCUT2D eigenvalue weighted by atomic mass is 35.5. The largest absolute Gasteiger partial charge is 0.490 e. The van der Waals surface area contributed by atoms with Gasteiger partial charge in [0.25, 0.3) is 0 Å². The summed E-state index contributed by atoms with van der Waals surface area (Å²) in [5.41, 5.74) is 2.92. The zero-order valence-corrected chi connectivity index (χ0v) is 18.2. The number of carbonyl (C=O) groups excluding carboxylic acids is 1. The number of benzene rings is 3. The van der Waals surface area contributed by atoms with Gasteiger partial charge in [-0.1, -0.05) is 48.0 Å². The van der Waals surface area contributed by atoms with Gasteiger partial charge in [-0.3, -0.25) is 9.69 Å². The van der Waals surface area contributed by atoms with Gasteiger partial charge in [-0.2, -0.15) is 0 Å². The minimum Gasteiger partial charge on any atom is -0.490 e. The fraction of sp³-hybridized carbons (Fsp3) is 0.208. The van der Waals surface area contributed by atoms with E-state index in [0.29, 0.717) is 35.5 Å². The van der Waals surface area contributed by atoms with E-state index in [-0.39, 0.29) is 11.3 Å². The second kappa shape index (κ2) is 9.45. The quantitative estimate of drug-likeness (QED) is 0.446. The van der Waals surface area contributed by atoms with Crippen LogP contribution in [-0.2, 0) is 11.4 Å². The molecule has 3 aromatic carbocycles. The lowest BCUT2D eigenvalue weighted by molar-refractivity contribution is -0.115. The molecule has 0 unspecified atom stereocenters. The Balaban J connectivity index is 1.59. The molecule has 0 aliphatic carbocycles. The second-order valence-electron chi connectivity index (χ2n) is 6.82. The normalized spacial score (nSPS) is 16.0. The second-order valence-corrected chi connectivity index (χ2v) is 8.32. The molecule has 4 nitrogen and oxygen atoms in total. The molecule has 1 saturated heterocycles. The van der Waals surface area contributed by atoms with Gasteiger partial charge in [0.2, 0.25) is 5.91 Å². The highest BCUT2D eigenvalue weighted by Crippen LogP contribution is 2.44. The molecule has 0 spiro atoms. The zero-order chi connectivity index (χ0) is 20.9. The van der Waals surface area contributed by atoms with E-state index in [1.54, 1.807) is 23.9 Å². The highest BCUT2D eigenvalue weighted by molar-refractivity contribution is 8.00. The minimum absolute atomic E-state index is 0.0784. The van der Waals surface area contributed by atoms with Crippen LogP contribution < -0.4 is 14.4 Å². The first kappa shape index (κ1) is 20.6. The Morgan fingerprint density at radius 2 is 1.77 bits per heavy atom. The number of carbonyl (C=O) groups is 1. The Kier molecular flexibility index (Phi) is 6.50. The van der Waals surface area contributed by atoms with Crippen LogP contribution in [0.1, 0.15) is 23.4 Å². The van der Waals surface area contributed by atoms with E-state index in [9.17, 15) is 4.79 Å². The first-order valence-corrected chi connectivity index (χ1v) is 11.2. The fourth-order valence-corrected chi connectivity index (χ4v) is 4.65. The molecule has 1 heterocycles. The van der Waals surface area contributed by atoms with Crippen molar-refractivity contribution in [1.29, 1.82) is 0 Å². The monoisotopic (exact) mass is 439 g/mol. The van der Waals surface area contributed by atoms with Crippen molar-refractivity contribution in [2.45, 2.75) is 18.9 Å². The Hall–Kier alpha value is -2.63. The van der Waals surface area contributed by atoms with Gasteiger partial charge in [0.05, 0.1) is 12.4 Å². The van der Waals surface area contributed by atoms with E-state index in [4.69, 9.17) is 21.1 Å². The first-order chi connectivity index (χ1) is 14.7. The van der Waals surface area contributed by atoms with E-state index in [1.807, 2.05) is 72.5 Å². The van der Waals surface area contributed by atoms with Gasteiger partial charge in [0, 0.05) is 10.7 Å². The molecule has 3 aromatic rings. The van der Waals surface area contributed by atoms with Gasteiger partial charge in [-0.05, 0) is 54.4 Å². The molecule has 0 saturated carbocycles. The molecule has 1 atom stereocenters. The van der Waals surface area contributed by atoms with Crippen LogP contribution in [-0.4, -0.2) is 18.3 Å². The number of hydrogen-bond donors (Lipinski definition) is 0. The van der Waals surface area contributed by atoms with Crippen molar-refractivity contribution in [2.75, 3.05) is 17.3 Å². The fourth-order valence-electron chi connectivity index (χ4n) is 3.35. The SMILES string of the molecule is CCOc1cc([C@H]2SCC(=O)N2c2ccc(Cl)cc2)ccc1OCc1ccccc1. The van der Waals surface area contributed by atoms with Gasteiger partial charge in [-0.15, -0.1) is 11.8 Å². The van der Waals surface area contributed by atoms with Crippen molar-refractivity contribution in [3.05, 3.63) is 88.9 Å². The number of nitrogens with zero attached hydrogens (tertiary/aromatic N) is 1. The molecule has 0 N–H and O–H groups in total. The lowest BCUT2D eigenvalue weighted by Crippen LogP contribution is -2.27. The predicted molar refractivity (Wildman–Crippen MR) is 123 cm³/mol. The number of hydrogen-bond acceptors (Lipinski definition) is 4. The average Bonchev–Trinajstić information content (AvgIpc) is 3.16. The van der Waals surface area contributed by atoms with Crippen LogP contribution in [0.15, 0.2) is 72.8 Å². The summed E-state index contributed by atoms with van der Waals surface area (Å²) in [5, 5.41) is 0.522. The molecule has 4 rings (SSSR count). The van der Waals surface area contributed by atoms with Gasteiger partial charge in [0.15, 0.2) is 11.5 Å². The summed E-state index contributed by atoms with van der Waals surface area (Å²) in [4.78, 5) is 14.4. The lowest BCUT2D eigenvalue weighted by Gasteiger charge is -2.25. The summed E-state index contributed by atoms with van der Waals surface area (Å²) >= 11 is 7.62. The molecular weight excluding hydrogens is 418 g/mol. The summed E-state index contributed by atoms with van der Waals surface area (Å²) in [6.07, 6.45) is 0. The third-order valence-electron chi connectivity index (χ3n) is 4.76. The van der Waals surface area contributed by atoms with E-state index >= 15 is 0 Å². The molecule has 0 radical (unpaired) electrons. The Morgan fingerprint density at radius 3 is 2.50 bits per heavy atom. The lowest BCUT2D eigenvalue weighted by atomic mass is 10.1. The van der Waals surface area contributed by atoms with Crippen LogP contribution in [0, 0.1) is 0 Å². The van der Waals surface area contributed by atoms with Gasteiger partial charge in [-0.25, -0.2) is 0 Å². The van der Waals surface area contributed by atoms with E-state index in [1.165, 1.54) is 0 Å². The van der Waals surface area contributed by atoms with Crippen molar-refractivity contribution in [1.82, 2.24) is 0 Å². The summed E-state index contributed by atoms with van der Waals surface area (Å²) in [7, 11) is 0. The van der Waals surface area contributed by atoms with Crippen molar-refractivity contribution < 1.29 is 14.3 Å². The standard InChI is InChI=1S/C24H22ClNO3S/c1-2-28-22-14-18(8-13-21(22)29-15-17-6-4-3-5-7-17)24-26(23(27)16-30-24)20-11-9-19(25)10-12-20/h3-14,24H,2,15-16H2,1H3/t24-/m1/s1. The average molecular weight is 440 g/mol. The topological polar surface area (TPSA) is 38.8 Å². The van der Waals surface area contributed by atoms with Crippen molar-refractivity contribution in [2.24, 2.45) is 0 Å². The molecule has 1 amide bonds. The van der Waals surface area contributed by atoms with Crippen LogP contribution in [0.25, 0.3) is 0 Å². The number of amides is 1. The van der Waals surface area contributed by atoms with Crippen LogP contribution in [0.5, 0.6) is 11.5 Å². The third-order valence-corrected chi connectivity index (χ3v) is 6.23. The molecular formula is C24H22ClNO3S. The Labute approximate surface area is 185 Å². The molecule has 0 bridgehead atoms. The third kappa shape index (κ3) is 4.58. The zero-order valence-electron chi connectivity index (χ0n) is 16.6. The number of rotatable bonds is 7. The Bertz CT molecular complexity index is 1010. The molecule has 154 valence electrons. The van der Waals surface area contributed by atoms with Crippen molar-refractivity contribution >= 4 is 35.0 Å². The van der Waals surface area contributed by atoms with Crippen LogP contribution in [0.4, 0.5) is 5.69 Å². The maximum Gasteiger partial charge on any atom is 0.238 e. The molecule has 1 fully saturated rings. The molecule has 1 aliphatic rings. The summed E-state index contributed by atoms with van der Waals surface area (Å²) in [5.74, 6) is 1.89. The van der Waals surface area contributed by atoms with E-state index in [0.717, 1.165) is 16.8 Å². The summed E-state index contributed by atoms with van der Waals surface area (Å²) < 4.78 is 11.9. The smallest absolute Gasteiger partial charge is 0.238 e. The molecule has 0 aromatic heterocycles.